The van der Waals surface area contributed by atoms with Gasteiger partial charge in [0.05, 0.1) is 11.4 Å². The van der Waals surface area contributed by atoms with E-state index in [9.17, 15) is 9.18 Å². The van der Waals surface area contributed by atoms with Crippen LogP contribution in [0.1, 0.15) is 37.8 Å². The number of halogens is 1. The van der Waals surface area contributed by atoms with Crippen LogP contribution in [0.5, 0.6) is 5.75 Å². The van der Waals surface area contributed by atoms with Gasteiger partial charge >= 0.3 is 0 Å². The van der Waals surface area contributed by atoms with Crippen LogP contribution in [0.4, 0.5) is 9.52 Å². The zero-order valence-corrected chi connectivity index (χ0v) is 20.3. The highest BCUT2D eigenvalue weighted by Crippen LogP contribution is 2.27. The van der Waals surface area contributed by atoms with Crippen molar-refractivity contribution in [2.45, 2.75) is 38.0 Å². The van der Waals surface area contributed by atoms with E-state index in [1.807, 2.05) is 5.38 Å². The topological polar surface area (TPSA) is 90.1 Å². The molecule has 2 aromatic heterocycles. The van der Waals surface area contributed by atoms with E-state index in [2.05, 4.69) is 51.7 Å². The third-order valence-electron chi connectivity index (χ3n) is 4.76. The zero-order chi connectivity index (χ0) is 23.9. The Kier molecular flexibility index (Phi) is 7.91. The van der Waals surface area contributed by atoms with Gasteiger partial charge in [0.1, 0.15) is 11.6 Å². The van der Waals surface area contributed by atoms with Crippen molar-refractivity contribution in [2.24, 2.45) is 0 Å². The third kappa shape index (κ3) is 6.42. The average molecular weight is 499 g/mol. The van der Waals surface area contributed by atoms with Crippen LogP contribution in [0, 0.1) is 5.82 Å². The summed E-state index contributed by atoms with van der Waals surface area (Å²) in [6, 6.07) is 14.0. The standard InChI is InChI=1S/C24H23FN4O3S2/c1-3-4-16-5-7-17(8-6-16)20-13-33-23(26-20)27-21(30)14-34-24-29-28-22(32-24)15(2)31-19-11-9-18(25)10-12-19/h5-13,15H,3-4,14H2,1-2H3,(H,26,27,30)/t15-/m1/s1. The number of thiazole rings is 1. The molecule has 0 bridgehead atoms. The maximum absolute atomic E-state index is 13.0. The summed E-state index contributed by atoms with van der Waals surface area (Å²) in [5, 5.41) is 13.4. The number of benzene rings is 2. The van der Waals surface area contributed by atoms with Gasteiger partial charge in [-0.1, -0.05) is 49.4 Å². The molecule has 1 atom stereocenters. The Hall–Kier alpha value is -3.24. The van der Waals surface area contributed by atoms with E-state index in [1.54, 1.807) is 6.92 Å². The van der Waals surface area contributed by atoms with Crippen LogP contribution in [-0.4, -0.2) is 26.8 Å². The number of aromatic nitrogens is 3. The number of amides is 1. The highest BCUT2D eigenvalue weighted by atomic mass is 32.2. The van der Waals surface area contributed by atoms with E-state index in [-0.39, 0.29) is 28.6 Å². The number of nitrogens with one attached hydrogen (secondary N) is 1. The van der Waals surface area contributed by atoms with Crippen molar-refractivity contribution >= 4 is 34.1 Å². The summed E-state index contributed by atoms with van der Waals surface area (Å²) in [7, 11) is 0. The number of ether oxygens (including phenoxy) is 1. The second kappa shape index (κ2) is 11.3. The van der Waals surface area contributed by atoms with Gasteiger partial charge in [-0.05, 0) is 43.2 Å². The first-order chi connectivity index (χ1) is 16.5. The van der Waals surface area contributed by atoms with Crippen LogP contribution in [0.25, 0.3) is 11.3 Å². The molecule has 1 amide bonds. The van der Waals surface area contributed by atoms with Crippen LogP contribution < -0.4 is 10.1 Å². The second-order valence-corrected chi connectivity index (χ2v) is 9.23. The molecule has 2 heterocycles. The Labute approximate surface area is 204 Å². The molecule has 34 heavy (non-hydrogen) atoms. The van der Waals surface area contributed by atoms with E-state index < -0.39 is 6.10 Å². The fraction of sp³-hybridized carbons (Fsp3) is 0.250. The van der Waals surface area contributed by atoms with Crippen molar-refractivity contribution < 1.29 is 18.3 Å². The molecule has 0 aliphatic rings. The lowest BCUT2D eigenvalue weighted by Gasteiger charge is -2.10. The Morgan fingerprint density at radius 2 is 1.94 bits per heavy atom. The predicted molar refractivity (Wildman–Crippen MR) is 131 cm³/mol. The predicted octanol–water partition coefficient (Wildman–Crippen LogP) is 6.16. The molecule has 0 aliphatic carbocycles. The van der Waals surface area contributed by atoms with Gasteiger partial charge in [0.15, 0.2) is 11.2 Å². The molecule has 0 spiro atoms. The normalized spacial score (nSPS) is 11.9. The number of rotatable bonds is 10. The first-order valence-corrected chi connectivity index (χ1v) is 12.6. The number of carbonyl (C=O) groups is 1. The molecule has 7 nitrogen and oxygen atoms in total. The van der Waals surface area contributed by atoms with Crippen molar-refractivity contribution in [2.75, 3.05) is 11.1 Å². The van der Waals surface area contributed by atoms with Gasteiger partial charge < -0.3 is 14.5 Å². The summed E-state index contributed by atoms with van der Waals surface area (Å²) in [5.74, 6) is 0.279. The fourth-order valence-electron chi connectivity index (χ4n) is 3.09. The lowest BCUT2D eigenvalue weighted by Crippen LogP contribution is -2.13. The smallest absolute Gasteiger partial charge is 0.277 e. The zero-order valence-electron chi connectivity index (χ0n) is 18.7. The number of aryl methyl sites for hydroxylation is 1. The molecule has 0 aliphatic heterocycles. The quantitative estimate of drug-likeness (QED) is 0.262. The number of hydrogen-bond donors (Lipinski definition) is 1. The number of thioether (sulfide) groups is 1. The largest absolute Gasteiger partial charge is 0.481 e. The first kappa shape index (κ1) is 23.9. The summed E-state index contributed by atoms with van der Waals surface area (Å²) in [6.07, 6.45) is 1.64. The molecule has 1 N–H and O–H groups in total. The van der Waals surface area contributed by atoms with Crippen LogP contribution in [0.15, 0.2) is 63.6 Å². The molecule has 4 rings (SSSR count). The lowest BCUT2D eigenvalue weighted by molar-refractivity contribution is -0.113. The Balaban J connectivity index is 1.27. The minimum atomic E-state index is -0.522. The van der Waals surface area contributed by atoms with Crippen molar-refractivity contribution in [1.82, 2.24) is 15.2 Å². The highest BCUT2D eigenvalue weighted by Gasteiger charge is 2.17. The van der Waals surface area contributed by atoms with Crippen molar-refractivity contribution in [3.8, 4) is 17.0 Å². The molecule has 0 saturated carbocycles. The Bertz CT molecular complexity index is 1230. The van der Waals surface area contributed by atoms with Gasteiger partial charge in [0.25, 0.3) is 11.1 Å². The summed E-state index contributed by atoms with van der Waals surface area (Å²) in [4.78, 5) is 16.9. The van der Waals surface area contributed by atoms with Gasteiger partial charge in [-0.2, -0.15) is 0 Å². The van der Waals surface area contributed by atoms with E-state index in [4.69, 9.17) is 9.15 Å². The van der Waals surface area contributed by atoms with E-state index in [0.717, 1.165) is 35.9 Å². The monoisotopic (exact) mass is 498 g/mol. The molecule has 0 radical (unpaired) electrons. The van der Waals surface area contributed by atoms with Crippen LogP contribution in [0.2, 0.25) is 0 Å². The first-order valence-electron chi connectivity index (χ1n) is 10.7. The summed E-state index contributed by atoms with van der Waals surface area (Å²) in [6.45, 7) is 3.90. The van der Waals surface area contributed by atoms with Crippen LogP contribution in [0.3, 0.4) is 0 Å². The summed E-state index contributed by atoms with van der Waals surface area (Å²) in [5.41, 5.74) is 3.14. The highest BCUT2D eigenvalue weighted by molar-refractivity contribution is 7.99. The molecule has 4 aromatic rings. The molecule has 0 unspecified atom stereocenters. The van der Waals surface area contributed by atoms with Gasteiger partial charge in [-0.25, -0.2) is 9.37 Å². The fourth-order valence-corrected chi connectivity index (χ4v) is 4.39. The van der Waals surface area contributed by atoms with E-state index >= 15 is 0 Å². The van der Waals surface area contributed by atoms with Crippen LogP contribution >= 0.6 is 23.1 Å². The Morgan fingerprint density at radius 1 is 1.18 bits per heavy atom. The van der Waals surface area contributed by atoms with Gasteiger partial charge in [0, 0.05) is 10.9 Å². The molecule has 10 heteroatoms. The number of carbonyl (C=O) groups excluding carboxylic acids is 1. The molecule has 176 valence electrons. The number of nitrogens with zero attached hydrogens (tertiary/aromatic N) is 3. The summed E-state index contributed by atoms with van der Waals surface area (Å²) >= 11 is 2.50. The molecule has 0 saturated heterocycles. The van der Waals surface area contributed by atoms with Crippen molar-refractivity contribution in [3.63, 3.8) is 0 Å². The van der Waals surface area contributed by atoms with E-state index in [1.165, 1.54) is 41.2 Å². The van der Waals surface area contributed by atoms with Gasteiger partial charge in [-0.3, -0.25) is 4.79 Å². The van der Waals surface area contributed by atoms with Gasteiger partial charge in [-0.15, -0.1) is 21.5 Å². The number of hydrogen-bond acceptors (Lipinski definition) is 8. The third-order valence-corrected chi connectivity index (χ3v) is 6.34. The Morgan fingerprint density at radius 3 is 2.68 bits per heavy atom. The van der Waals surface area contributed by atoms with E-state index in [0.29, 0.717) is 10.9 Å². The minimum Gasteiger partial charge on any atom is -0.481 e. The molecule has 0 fully saturated rings. The average Bonchev–Trinajstić information content (AvgIpc) is 3.50. The lowest BCUT2D eigenvalue weighted by atomic mass is 10.1. The maximum atomic E-state index is 13.0. The molecule has 2 aromatic carbocycles. The SMILES string of the molecule is CCCc1ccc(-c2csc(NC(=O)CSc3nnc([C@@H](C)Oc4ccc(F)cc4)o3)n2)cc1. The molecular weight excluding hydrogens is 475 g/mol. The van der Waals surface area contributed by atoms with Crippen molar-refractivity contribution in [1.29, 1.82) is 0 Å². The second-order valence-electron chi connectivity index (χ2n) is 7.44. The number of anilines is 1. The van der Waals surface area contributed by atoms with Crippen molar-refractivity contribution in [3.05, 3.63) is 71.2 Å². The van der Waals surface area contributed by atoms with Crippen LogP contribution in [-0.2, 0) is 11.2 Å². The summed E-state index contributed by atoms with van der Waals surface area (Å²) < 4.78 is 24.3. The minimum absolute atomic E-state index is 0.0927. The maximum Gasteiger partial charge on any atom is 0.277 e. The molecular formula is C24H23FN4O3S2. The van der Waals surface area contributed by atoms with Gasteiger partial charge in [0.2, 0.25) is 5.91 Å².